The van der Waals surface area contributed by atoms with Crippen molar-refractivity contribution < 1.29 is 8.78 Å². The Balaban J connectivity index is 2.41. The Morgan fingerprint density at radius 1 is 1.17 bits per heavy atom. The summed E-state index contributed by atoms with van der Waals surface area (Å²) in [5.41, 5.74) is 1.43. The van der Waals surface area contributed by atoms with Gasteiger partial charge in [0, 0.05) is 30.9 Å². The van der Waals surface area contributed by atoms with Gasteiger partial charge in [-0.05, 0) is 36.4 Å². The van der Waals surface area contributed by atoms with Gasteiger partial charge in [0.1, 0.15) is 11.6 Å². The summed E-state index contributed by atoms with van der Waals surface area (Å²) in [6.45, 7) is 0.576. The van der Waals surface area contributed by atoms with Crippen LogP contribution < -0.4 is 5.32 Å². The molecular weight excluding hydrogens is 234 g/mol. The van der Waals surface area contributed by atoms with Crippen LogP contribution in [-0.4, -0.2) is 18.6 Å². The largest absolute Gasteiger partial charge is 0.319 e. The van der Waals surface area contributed by atoms with Crippen LogP contribution in [-0.2, 0) is 0 Å². The first-order valence-electron chi connectivity index (χ1n) is 5.72. The Labute approximate surface area is 105 Å². The van der Waals surface area contributed by atoms with Gasteiger partial charge in [0.15, 0.2) is 0 Å². The zero-order chi connectivity index (χ0) is 13.0. The van der Waals surface area contributed by atoms with Gasteiger partial charge in [0.05, 0.1) is 0 Å². The van der Waals surface area contributed by atoms with E-state index in [4.69, 9.17) is 0 Å². The molecule has 0 bridgehead atoms. The van der Waals surface area contributed by atoms with Crippen LogP contribution in [0.3, 0.4) is 0 Å². The SMILES string of the molecule is CNCC(c1ccncc1)c1ccc(F)cc1F. The molecule has 2 rings (SSSR count). The molecule has 0 fully saturated rings. The number of hydrogen-bond acceptors (Lipinski definition) is 2. The molecule has 1 aromatic heterocycles. The summed E-state index contributed by atoms with van der Waals surface area (Å²) in [7, 11) is 1.80. The summed E-state index contributed by atoms with van der Waals surface area (Å²) in [4.78, 5) is 3.94. The molecule has 0 amide bonds. The molecule has 2 nitrogen and oxygen atoms in total. The van der Waals surface area contributed by atoms with E-state index in [2.05, 4.69) is 10.3 Å². The molecule has 0 radical (unpaired) electrons. The van der Waals surface area contributed by atoms with Gasteiger partial charge in [-0.25, -0.2) is 8.78 Å². The zero-order valence-electron chi connectivity index (χ0n) is 10.0. The van der Waals surface area contributed by atoms with E-state index in [-0.39, 0.29) is 5.92 Å². The second-order valence-electron chi connectivity index (χ2n) is 4.06. The number of aromatic nitrogens is 1. The van der Waals surface area contributed by atoms with E-state index < -0.39 is 11.6 Å². The van der Waals surface area contributed by atoms with Gasteiger partial charge in [0.25, 0.3) is 0 Å². The molecule has 0 spiro atoms. The smallest absolute Gasteiger partial charge is 0.129 e. The van der Waals surface area contributed by atoms with E-state index >= 15 is 0 Å². The summed E-state index contributed by atoms with van der Waals surface area (Å²) in [6, 6.07) is 7.37. The van der Waals surface area contributed by atoms with Crippen LogP contribution in [0.5, 0.6) is 0 Å². The van der Waals surface area contributed by atoms with Crippen LogP contribution in [0.4, 0.5) is 8.78 Å². The van der Waals surface area contributed by atoms with Gasteiger partial charge in [-0.1, -0.05) is 6.07 Å². The van der Waals surface area contributed by atoms with Crippen LogP contribution in [0.15, 0.2) is 42.7 Å². The fraction of sp³-hybridized carbons (Fsp3) is 0.214. The third kappa shape index (κ3) is 2.71. The van der Waals surface area contributed by atoms with Crippen LogP contribution in [0.25, 0.3) is 0 Å². The lowest BCUT2D eigenvalue weighted by Crippen LogP contribution is -2.19. The van der Waals surface area contributed by atoms with Crippen molar-refractivity contribution >= 4 is 0 Å². The quantitative estimate of drug-likeness (QED) is 0.899. The number of pyridine rings is 1. The van der Waals surface area contributed by atoms with Crippen molar-refractivity contribution in [2.24, 2.45) is 0 Å². The highest BCUT2D eigenvalue weighted by Crippen LogP contribution is 2.26. The van der Waals surface area contributed by atoms with Gasteiger partial charge < -0.3 is 5.32 Å². The van der Waals surface area contributed by atoms with Crippen molar-refractivity contribution in [2.75, 3.05) is 13.6 Å². The van der Waals surface area contributed by atoms with Gasteiger partial charge >= 0.3 is 0 Å². The molecule has 1 aromatic carbocycles. The number of nitrogens with zero attached hydrogens (tertiary/aromatic N) is 1. The highest BCUT2D eigenvalue weighted by molar-refractivity contribution is 5.33. The third-order valence-electron chi connectivity index (χ3n) is 2.85. The topological polar surface area (TPSA) is 24.9 Å². The van der Waals surface area contributed by atoms with Crippen molar-refractivity contribution in [1.82, 2.24) is 10.3 Å². The van der Waals surface area contributed by atoms with E-state index in [0.717, 1.165) is 11.6 Å². The molecule has 18 heavy (non-hydrogen) atoms. The maximum Gasteiger partial charge on any atom is 0.129 e. The minimum atomic E-state index is -0.561. The van der Waals surface area contributed by atoms with Crippen molar-refractivity contribution in [3.05, 3.63) is 65.5 Å². The molecule has 4 heteroatoms. The second-order valence-corrected chi connectivity index (χ2v) is 4.06. The van der Waals surface area contributed by atoms with Crippen LogP contribution >= 0.6 is 0 Å². The summed E-state index contributed by atoms with van der Waals surface area (Å²) in [5, 5.41) is 3.03. The van der Waals surface area contributed by atoms with E-state index in [1.54, 1.807) is 19.4 Å². The first-order chi connectivity index (χ1) is 8.72. The van der Waals surface area contributed by atoms with Gasteiger partial charge in [-0.2, -0.15) is 0 Å². The molecule has 1 unspecified atom stereocenters. The standard InChI is InChI=1S/C14H14F2N2/c1-17-9-13(10-4-6-18-7-5-10)12-3-2-11(15)8-14(12)16/h2-8,13,17H,9H2,1H3. The van der Waals surface area contributed by atoms with E-state index in [1.807, 2.05) is 12.1 Å². The maximum absolute atomic E-state index is 13.8. The highest BCUT2D eigenvalue weighted by Gasteiger charge is 2.17. The highest BCUT2D eigenvalue weighted by atomic mass is 19.1. The zero-order valence-corrected chi connectivity index (χ0v) is 10.0. The van der Waals surface area contributed by atoms with Crippen LogP contribution in [0, 0.1) is 11.6 Å². The number of likely N-dealkylation sites (N-methyl/N-ethyl adjacent to an activating group) is 1. The Hall–Kier alpha value is -1.81. The number of hydrogen-bond donors (Lipinski definition) is 1. The third-order valence-corrected chi connectivity index (χ3v) is 2.85. The van der Waals surface area contributed by atoms with Gasteiger partial charge in [-0.15, -0.1) is 0 Å². The summed E-state index contributed by atoms with van der Waals surface area (Å²) >= 11 is 0. The maximum atomic E-state index is 13.8. The lowest BCUT2D eigenvalue weighted by molar-refractivity contribution is 0.559. The second kappa shape index (κ2) is 5.69. The average molecular weight is 248 g/mol. The van der Waals surface area contributed by atoms with Crippen molar-refractivity contribution in [1.29, 1.82) is 0 Å². The lowest BCUT2D eigenvalue weighted by Gasteiger charge is -2.18. The van der Waals surface area contributed by atoms with E-state index in [0.29, 0.717) is 12.1 Å². The van der Waals surface area contributed by atoms with Crippen molar-refractivity contribution in [3.63, 3.8) is 0 Å². The fourth-order valence-electron chi connectivity index (χ4n) is 1.99. The Morgan fingerprint density at radius 3 is 2.50 bits per heavy atom. The normalized spacial score (nSPS) is 12.4. The molecule has 1 atom stereocenters. The number of benzene rings is 1. The molecule has 1 N–H and O–H groups in total. The Bertz CT molecular complexity index is 514. The molecule has 0 aliphatic rings. The minimum absolute atomic E-state index is 0.154. The van der Waals surface area contributed by atoms with E-state index in [1.165, 1.54) is 12.1 Å². The molecule has 0 aliphatic carbocycles. The predicted octanol–water partition coefficient (Wildman–Crippen LogP) is 2.71. The fourth-order valence-corrected chi connectivity index (χ4v) is 1.99. The minimum Gasteiger partial charge on any atom is -0.319 e. The van der Waals surface area contributed by atoms with E-state index in [9.17, 15) is 8.78 Å². The Morgan fingerprint density at radius 2 is 1.89 bits per heavy atom. The van der Waals surface area contributed by atoms with Gasteiger partial charge in [-0.3, -0.25) is 4.98 Å². The Kier molecular flexibility index (Phi) is 3.99. The molecule has 0 saturated heterocycles. The van der Waals surface area contributed by atoms with Crippen LogP contribution in [0.1, 0.15) is 17.0 Å². The number of nitrogens with one attached hydrogen (secondary N) is 1. The first-order valence-corrected chi connectivity index (χ1v) is 5.72. The van der Waals surface area contributed by atoms with Gasteiger partial charge in [0.2, 0.25) is 0 Å². The summed E-state index contributed by atoms with van der Waals surface area (Å²) < 4.78 is 26.8. The molecule has 0 saturated carbocycles. The monoisotopic (exact) mass is 248 g/mol. The van der Waals surface area contributed by atoms with Crippen molar-refractivity contribution in [3.8, 4) is 0 Å². The molecular formula is C14H14F2N2. The molecule has 1 heterocycles. The number of halogens is 2. The average Bonchev–Trinajstić information content (AvgIpc) is 2.38. The molecule has 0 aliphatic heterocycles. The predicted molar refractivity (Wildman–Crippen MR) is 66.4 cm³/mol. The molecule has 94 valence electrons. The summed E-state index contributed by atoms with van der Waals surface area (Å²) in [5.74, 6) is -1.24. The van der Waals surface area contributed by atoms with Crippen molar-refractivity contribution in [2.45, 2.75) is 5.92 Å². The molecule has 2 aromatic rings. The van der Waals surface area contributed by atoms with Crippen LogP contribution in [0.2, 0.25) is 0 Å². The lowest BCUT2D eigenvalue weighted by atomic mass is 9.91. The number of rotatable bonds is 4. The summed E-state index contributed by atoms with van der Waals surface area (Å²) in [6.07, 6.45) is 3.33. The first kappa shape index (κ1) is 12.6.